The summed E-state index contributed by atoms with van der Waals surface area (Å²) in [6.45, 7) is 1.92. The Labute approximate surface area is 165 Å². The molecule has 152 valence electrons. The Balaban J connectivity index is 1.55. The third-order valence-electron chi connectivity index (χ3n) is 5.87. The Bertz CT molecular complexity index is 711. The molecule has 1 aliphatic rings. The molecule has 0 heterocycles. The molecule has 1 fully saturated rings. The van der Waals surface area contributed by atoms with Crippen molar-refractivity contribution >= 4 is 0 Å². The lowest BCUT2D eigenvalue weighted by molar-refractivity contribution is -0.324. The largest absolute Gasteiger partial charge is 0.522 e. The number of hydrogen-bond acceptors (Lipinski definition) is 1. The van der Waals surface area contributed by atoms with E-state index in [0.717, 1.165) is 22.6 Å². The van der Waals surface area contributed by atoms with Crippen molar-refractivity contribution in [2.75, 3.05) is 6.61 Å². The predicted octanol–water partition coefficient (Wildman–Crippen LogP) is 7.51. The Kier molecular flexibility index (Phi) is 7.17. The number of ether oxygens (including phenoxy) is 1. The molecule has 0 atom stereocenters. The van der Waals surface area contributed by atoms with Gasteiger partial charge in [-0.1, -0.05) is 68.3 Å². The lowest BCUT2D eigenvalue weighted by Crippen LogP contribution is -2.15. The fourth-order valence-electron chi connectivity index (χ4n) is 4.29. The van der Waals surface area contributed by atoms with Gasteiger partial charge in [0.25, 0.3) is 0 Å². The molecule has 0 saturated heterocycles. The SMILES string of the molecule is CCCC1CCC(c2ccc(-c3ccc(CCOC(F)(F)F)cc3)cc2)CC1. The van der Waals surface area contributed by atoms with Gasteiger partial charge in [0.1, 0.15) is 0 Å². The molecule has 1 aliphatic carbocycles. The van der Waals surface area contributed by atoms with Gasteiger partial charge in [-0.15, -0.1) is 13.2 Å². The van der Waals surface area contributed by atoms with E-state index < -0.39 is 6.36 Å². The molecule has 4 heteroatoms. The number of hydrogen-bond donors (Lipinski definition) is 0. The van der Waals surface area contributed by atoms with E-state index in [9.17, 15) is 13.2 Å². The van der Waals surface area contributed by atoms with Crippen LogP contribution in [0.3, 0.4) is 0 Å². The van der Waals surface area contributed by atoms with E-state index >= 15 is 0 Å². The lowest BCUT2D eigenvalue weighted by atomic mass is 9.77. The van der Waals surface area contributed by atoms with E-state index in [4.69, 9.17) is 0 Å². The van der Waals surface area contributed by atoms with Crippen molar-refractivity contribution in [1.29, 1.82) is 0 Å². The molecule has 0 aliphatic heterocycles. The summed E-state index contributed by atoms with van der Waals surface area (Å²) in [7, 11) is 0. The molecule has 0 N–H and O–H groups in total. The van der Waals surface area contributed by atoms with Crippen molar-refractivity contribution < 1.29 is 17.9 Å². The van der Waals surface area contributed by atoms with Crippen LogP contribution < -0.4 is 0 Å². The number of rotatable bonds is 7. The van der Waals surface area contributed by atoms with Crippen LogP contribution in [0.2, 0.25) is 0 Å². The summed E-state index contributed by atoms with van der Waals surface area (Å²) in [6.07, 6.45) is 3.62. The zero-order valence-electron chi connectivity index (χ0n) is 16.5. The monoisotopic (exact) mass is 390 g/mol. The second kappa shape index (κ2) is 9.60. The zero-order chi connectivity index (χ0) is 20.0. The fourth-order valence-corrected chi connectivity index (χ4v) is 4.29. The van der Waals surface area contributed by atoms with Crippen molar-refractivity contribution in [3.05, 3.63) is 59.7 Å². The van der Waals surface area contributed by atoms with Gasteiger partial charge in [-0.05, 0) is 66.2 Å². The van der Waals surface area contributed by atoms with Crippen LogP contribution in [0.25, 0.3) is 11.1 Å². The molecule has 2 aromatic carbocycles. The van der Waals surface area contributed by atoms with Gasteiger partial charge in [0.2, 0.25) is 0 Å². The predicted molar refractivity (Wildman–Crippen MR) is 107 cm³/mol. The van der Waals surface area contributed by atoms with E-state index in [1.54, 1.807) is 0 Å². The topological polar surface area (TPSA) is 9.23 Å². The third kappa shape index (κ3) is 6.10. The van der Waals surface area contributed by atoms with Crippen LogP contribution in [-0.4, -0.2) is 13.0 Å². The molecule has 1 nitrogen and oxygen atoms in total. The quantitative estimate of drug-likeness (QED) is 0.475. The molecule has 0 spiro atoms. The van der Waals surface area contributed by atoms with Gasteiger partial charge in [-0.25, -0.2) is 0 Å². The van der Waals surface area contributed by atoms with E-state index in [1.807, 2.05) is 24.3 Å². The third-order valence-corrected chi connectivity index (χ3v) is 5.87. The van der Waals surface area contributed by atoms with Crippen LogP contribution in [0.4, 0.5) is 13.2 Å². The lowest BCUT2D eigenvalue weighted by Gasteiger charge is -2.28. The summed E-state index contributed by atoms with van der Waals surface area (Å²) < 4.78 is 40.0. The first-order valence-electron chi connectivity index (χ1n) is 10.3. The van der Waals surface area contributed by atoms with Crippen molar-refractivity contribution in [3.8, 4) is 11.1 Å². The minimum absolute atomic E-state index is 0.249. The van der Waals surface area contributed by atoms with Gasteiger partial charge >= 0.3 is 6.36 Å². The molecule has 0 radical (unpaired) electrons. The highest BCUT2D eigenvalue weighted by atomic mass is 19.4. The van der Waals surface area contributed by atoms with Gasteiger partial charge < -0.3 is 0 Å². The Morgan fingerprint density at radius 2 is 1.43 bits per heavy atom. The summed E-state index contributed by atoms with van der Waals surface area (Å²) in [5.74, 6) is 1.60. The summed E-state index contributed by atoms with van der Waals surface area (Å²) in [5, 5.41) is 0. The van der Waals surface area contributed by atoms with Crippen LogP contribution in [0.1, 0.15) is 62.5 Å². The van der Waals surface area contributed by atoms with E-state index in [1.165, 1.54) is 44.1 Å². The van der Waals surface area contributed by atoms with Crippen LogP contribution >= 0.6 is 0 Å². The number of halogens is 3. The Hall–Kier alpha value is -1.81. The van der Waals surface area contributed by atoms with Crippen molar-refractivity contribution in [2.24, 2.45) is 5.92 Å². The second-order valence-corrected chi connectivity index (χ2v) is 7.87. The molecule has 0 bridgehead atoms. The summed E-state index contributed by atoms with van der Waals surface area (Å²) in [6, 6.07) is 16.5. The fraction of sp³-hybridized carbons (Fsp3) is 0.500. The average Bonchev–Trinajstić information content (AvgIpc) is 2.69. The van der Waals surface area contributed by atoms with Gasteiger partial charge in [0.15, 0.2) is 0 Å². The maximum absolute atomic E-state index is 12.0. The van der Waals surface area contributed by atoms with Crippen molar-refractivity contribution in [1.82, 2.24) is 0 Å². The molecule has 3 rings (SSSR count). The van der Waals surface area contributed by atoms with E-state index in [0.29, 0.717) is 5.92 Å². The van der Waals surface area contributed by atoms with Crippen molar-refractivity contribution in [3.63, 3.8) is 0 Å². The summed E-state index contributed by atoms with van der Waals surface area (Å²) in [5.41, 5.74) is 4.49. The minimum Gasteiger partial charge on any atom is -0.292 e. The molecular weight excluding hydrogens is 361 g/mol. The van der Waals surface area contributed by atoms with E-state index in [-0.39, 0.29) is 13.0 Å². The Morgan fingerprint density at radius 1 is 0.857 bits per heavy atom. The highest BCUT2D eigenvalue weighted by Gasteiger charge is 2.28. The molecule has 2 aromatic rings. The van der Waals surface area contributed by atoms with Crippen LogP contribution in [0.5, 0.6) is 0 Å². The van der Waals surface area contributed by atoms with Crippen LogP contribution in [0, 0.1) is 5.92 Å². The van der Waals surface area contributed by atoms with Crippen LogP contribution in [-0.2, 0) is 11.2 Å². The van der Waals surface area contributed by atoms with Crippen LogP contribution in [0.15, 0.2) is 48.5 Å². The first kappa shape index (κ1) is 20.9. The second-order valence-electron chi connectivity index (χ2n) is 7.87. The zero-order valence-corrected chi connectivity index (χ0v) is 16.5. The molecule has 1 saturated carbocycles. The average molecular weight is 390 g/mol. The number of alkyl halides is 3. The summed E-state index contributed by atoms with van der Waals surface area (Å²) in [4.78, 5) is 0. The molecule has 28 heavy (non-hydrogen) atoms. The first-order valence-corrected chi connectivity index (χ1v) is 10.3. The molecule has 0 unspecified atom stereocenters. The Morgan fingerprint density at radius 3 is 1.96 bits per heavy atom. The highest BCUT2D eigenvalue weighted by Crippen LogP contribution is 2.38. The van der Waals surface area contributed by atoms with Gasteiger partial charge in [0, 0.05) is 0 Å². The highest BCUT2D eigenvalue weighted by molar-refractivity contribution is 5.64. The maximum Gasteiger partial charge on any atom is 0.522 e. The van der Waals surface area contributed by atoms with Crippen molar-refractivity contribution in [2.45, 2.75) is 64.1 Å². The standard InChI is InChI=1S/C24H29F3O/c1-2-3-18-4-8-20(9-5-18)22-12-14-23(15-13-22)21-10-6-19(7-11-21)16-17-28-24(25,26)27/h6-7,10-15,18,20H,2-5,8-9,16-17H2,1H3. The summed E-state index contributed by atoms with van der Waals surface area (Å²) >= 11 is 0. The van der Waals surface area contributed by atoms with Gasteiger partial charge in [0.05, 0.1) is 6.61 Å². The van der Waals surface area contributed by atoms with E-state index in [2.05, 4.69) is 35.9 Å². The van der Waals surface area contributed by atoms with Gasteiger partial charge in [-0.3, -0.25) is 4.74 Å². The normalized spacial score (nSPS) is 20.3. The first-order chi connectivity index (χ1) is 13.4. The minimum atomic E-state index is -4.56. The molecule has 0 amide bonds. The maximum atomic E-state index is 12.0. The number of benzene rings is 2. The molecular formula is C24H29F3O. The smallest absolute Gasteiger partial charge is 0.292 e. The van der Waals surface area contributed by atoms with Gasteiger partial charge in [-0.2, -0.15) is 0 Å². The molecule has 0 aromatic heterocycles.